The lowest BCUT2D eigenvalue weighted by atomic mass is 10.4. The number of rotatable bonds is 1. The molecule has 0 amide bonds. The van der Waals surface area contributed by atoms with E-state index < -0.39 is 0 Å². The molecule has 1 aliphatic heterocycles. The summed E-state index contributed by atoms with van der Waals surface area (Å²) in [6.45, 7) is 4.82. The van der Waals surface area contributed by atoms with Gasteiger partial charge in [0.25, 0.3) is 0 Å². The third kappa shape index (κ3) is 1.78. The normalized spacial score (nSPS) is 43.7. The summed E-state index contributed by atoms with van der Waals surface area (Å²) in [7, 11) is 0. The number of hydrogen-bond donors (Lipinski definition) is 0. The Morgan fingerprint density at radius 1 is 1.78 bits per heavy atom. The van der Waals surface area contributed by atoms with Crippen LogP contribution in [-0.4, -0.2) is 16.5 Å². The first-order valence-corrected chi connectivity index (χ1v) is 4.25. The van der Waals surface area contributed by atoms with Crippen molar-refractivity contribution in [2.24, 2.45) is 0 Å². The van der Waals surface area contributed by atoms with Gasteiger partial charge >= 0.3 is 0 Å². The molecule has 0 bridgehead atoms. The Balaban J connectivity index is 2.45. The molecular formula is C6H11IO2. The van der Waals surface area contributed by atoms with E-state index in [1.54, 1.807) is 0 Å². The van der Waals surface area contributed by atoms with Gasteiger partial charge in [-0.2, -0.15) is 0 Å². The molecule has 3 heteroatoms. The molecular weight excluding hydrogens is 231 g/mol. The van der Waals surface area contributed by atoms with Crippen LogP contribution in [0.2, 0.25) is 0 Å². The van der Waals surface area contributed by atoms with E-state index in [4.69, 9.17) is 9.47 Å². The van der Waals surface area contributed by atoms with Crippen LogP contribution in [-0.2, 0) is 9.47 Å². The van der Waals surface area contributed by atoms with Crippen LogP contribution in [0.5, 0.6) is 0 Å². The number of hydrogen-bond acceptors (Lipinski definition) is 2. The second kappa shape index (κ2) is 2.72. The summed E-state index contributed by atoms with van der Waals surface area (Å²) in [5.74, 6) is 0. The maximum absolute atomic E-state index is 5.46. The molecule has 1 heterocycles. The molecule has 9 heavy (non-hydrogen) atoms. The number of ether oxygens (including phenoxy) is 2. The van der Waals surface area contributed by atoms with Gasteiger partial charge in [0.2, 0.25) is 3.79 Å². The molecule has 1 aliphatic rings. The van der Waals surface area contributed by atoms with Crippen molar-refractivity contribution in [2.45, 2.75) is 30.2 Å². The fourth-order valence-corrected chi connectivity index (χ4v) is 1.41. The van der Waals surface area contributed by atoms with Crippen LogP contribution in [0.1, 0.15) is 20.3 Å². The highest BCUT2D eigenvalue weighted by Gasteiger charge is 2.34. The van der Waals surface area contributed by atoms with Gasteiger partial charge in [-0.25, -0.2) is 0 Å². The molecule has 1 rings (SSSR count). The standard InChI is InChI=1S/C6H11IO2/c1-3-6(7)8-4-5(2)9-6/h5H,3-4H2,1-2H3/t5-,6?/m0/s1. The second-order valence-electron chi connectivity index (χ2n) is 2.25. The van der Waals surface area contributed by atoms with Crippen molar-refractivity contribution in [3.8, 4) is 0 Å². The van der Waals surface area contributed by atoms with Crippen LogP contribution in [0.4, 0.5) is 0 Å². The Kier molecular flexibility index (Phi) is 2.34. The van der Waals surface area contributed by atoms with Gasteiger partial charge < -0.3 is 9.47 Å². The van der Waals surface area contributed by atoms with Gasteiger partial charge in [-0.3, -0.25) is 0 Å². The molecule has 1 fully saturated rings. The quantitative estimate of drug-likeness (QED) is 0.516. The minimum absolute atomic E-state index is 0.266. The van der Waals surface area contributed by atoms with Crippen LogP contribution >= 0.6 is 22.6 Å². The smallest absolute Gasteiger partial charge is 0.221 e. The fourth-order valence-electron chi connectivity index (χ4n) is 0.796. The van der Waals surface area contributed by atoms with Crippen molar-refractivity contribution in [3.05, 3.63) is 0 Å². The Hall–Kier alpha value is 0.650. The van der Waals surface area contributed by atoms with E-state index in [0.717, 1.165) is 13.0 Å². The molecule has 1 saturated heterocycles. The van der Waals surface area contributed by atoms with E-state index in [2.05, 4.69) is 29.5 Å². The summed E-state index contributed by atoms with van der Waals surface area (Å²) < 4.78 is 10.5. The van der Waals surface area contributed by atoms with Gasteiger partial charge in [-0.05, 0) is 29.5 Å². The summed E-state index contributed by atoms with van der Waals surface area (Å²) in [6, 6.07) is 0. The Bertz CT molecular complexity index is 107. The predicted octanol–water partition coefficient (Wildman–Crippen LogP) is 1.92. The average molecular weight is 242 g/mol. The molecule has 0 radical (unpaired) electrons. The second-order valence-corrected chi connectivity index (χ2v) is 3.90. The molecule has 0 aromatic rings. The lowest BCUT2D eigenvalue weighted by Gasteiger charge is -2.17. The van der Waals surface area contributed by atoms with Crippen LogP contribution in [0, 0.1) is 0 Å². The predicted molar refractivity (Wildman–Crippen MR) is 43.5 cm³/mol. The van der Waals surface area contributed by atoms with E-state index in [9.17, 15) is 0 Å². The third-order valence-electron chi connectivity index (χ3n) is 1.33. The summed E-state index contributed by atoms with van der Waals surface area (Å²) in [4.78, 5) is 0. The monoisotopic (exact) mass is 242 g/mol. The minimum Gasteiger partial charge on any atom is -0.339 e. The molecule has 0 spiro atoms. The first-order valence-electron chi connectivity index (χ1n) is 3.17. The molecule has 54 valence electrons. The van der Waals surface area contributed by atoms with Crippen molar-refractivity contribution >= 4 is 22.6 Å². The van der Waals surface area contributed by atoms with Gasteiger partial charge in [0.15, 0.2) is 0 Å². The summed E-state index contributed by atoms with van der Waals surface area (Å²) >= 11 is 2.20. The highest BCUT2D eigenvalue weighted by Crippen LogP contribution is 2.32. The molecule has 2 atom stereocenters. The highest BCUT2D eigenvalue weighted by molar-refractivity contribution is 14.1. The highest BCUT2D eigenvalue weighted by atomic mass is 127. The van der Waals surface area contributed by atoms with E-state index in [-0.39, 0.29) is 9.90 Å². The number of halogens is 1. The van der Waals surface area contributed by atoms with Gasteiger partial charge in [-0.1, -0.05) is 6.92 Å². The lowest BCUT2D eigenvalue weighted by Crippen LogP contribution is -2.20. The third-order valence-corrected chi connectivity index (χ3v) is 2.66. The van der Waals surface area contributed by atoms with Crippen molar-refractivity contribution in [1.82, 2.24) is 0 Å². The summed E-state index contributed by atoms with van der Waals surface area (Å²) in [5.41, 5.74) is 0. The summed E-state index contributed by atoms with van der Waals surface area (Å²) in [5, 5.41) is 0. The lowest BCUT2D eigenvalue weighted by molar-refractivity contribution is -0.0727. The zero-order chi connectivity index (χ0) is 6.91. The molecule has 0 aromatic heterocycles. The largest absolute Gasteiger partial charge is 0.339 e. The molecule has 0 saturated carbocycles. The first-order chi connectivity index (χ1) is 4.16. The van der Waals surface area contributed by atoms with Crippen LogP contribution < -0.4 is 0 Å². The van der Waals surface area contributed by atoms with Crippen molar-refractivity contribution in [1.29, 1.82) is 0 Å². The van der Waals surface area contributed by atoms with Gasteiger partial charge in [0.05, 0.1) is 12.7 Å². The van der Waals surface area contributed by atoms with Gasteiger partial charge in [-0.15, -0.1) is 0 Å². The maximum atomic E-state index is 5.46. The average Bonchev–Trinajstić information content (AvgIpc) is 2.13. The van der Waals surface area contributed by atoms with E-state index in [1.807, 2.05) is 6.92 Å². The van der Waals surface area contributed by atoms with E-state index in [1.165, 1.54) is 0 Å². The van der Waals surface area contributed by atoms with Crippen molar-refractivity contribution < 1.29 is 9.47 Å². The molecule has 2 nitrogen and oxygen atoms in total. The van der Waals surface area contributed by atoms with Crippen molar-refractivity contribution in [3.63, 3.8) is 0 Å². The SMILES string of the molecule is CCC1(I)OC[C@H](C)O1. The molecule has 0 aromatic carbocycles. The van der Waals surface area contributed by atoms with Crippen molar-refractivity contribution in [2.75, 3.05) is 6.61 Å². The van der Waals surface area contributed by atoms with Gasteiger partial charge in [0.1, 0.15) is 0 Å². The van der Waals surface area contributed by atoms with Crippen LogP contribution in [0.3, 0.4) is 0 Å². The van der Waals surface area contributed by atoms with E-state index in [0.29, 0.717) is 0 Å². The molecule has 1 unspecified atom stereocenters. The Morgan fingerprint density at radius 2 is 2.44 bits per heavy atom. The van der Waals surface area contributed by atoms with E-state index >= 15 is 0 Å². The molecule has 0 N–H and O–H groups in total. The fraction of sp³-hybridized carbons (Fsp3) is 1.00. The first kappa shape index (κ1) is 7.75. The Morgan fingerprint density at radius 3 is 2.67 bits per heavy atom. The van der Waals surface area contributed by atoms with Gasteiger partial charge in [0, 0.05) is 6.42 Å². The topological polar surface area (TPSA) is 18.5 Å². The number of alkyl halides is 1. The zero-order valence-corrected chi connectivity index (χ0v) is 7.84. The maximum Gasteiger partial charge on any atom is 0.221 e. The molecule has 0 aliphatic carbocycles. The Labute approximate surface area is 69.0 Å². The summed E-state index contributed by atoms with van der Waals surface area (Å²) in [6.07, 6.45) is 1.18. The van der Waals surface area contributed by atoms with Crippen LogP contribution in [0.15, 0.2) is 0 Å². The zero-order valence-electron chi connectivity index (χ0n) is 5.69. The minimum atomic E-state index is -0.322. The van der Waals surface area contributed by atoms with Crippen LogP contribution in [0.25, 0.3) is 0 Å².